The summed E-state index contributed by atoms with van der Waals surface area (Å²) >= 11 is 0. The highest BCUT2D eigenvalue weighted by Gasteiger charge is 2.14. The van der Waals surface area contributed by atoms with E-state index < -0.39 is 0 Å². The summed E-state index contributed by atoms with van der Waals surface area (Å²) in [5.74, 6) is 0. The molecule has 0 amide bonds. The maximum atomic E-state index is 11.4. The first-order valence-corrected chi connectivity index (χ1v) is 4.97. The summed E-state index contributed by atoms with van der Waals surface area (Å²) < 4.78 is 0. The van der Waals surface area contributed by atoms with E-state index >= 15 is 0 Å². The van der Waals surface area contributed by atoms with Gasteiger partial charge >= 0.3 is 0 Å². The largest absolute Gasteiger partial charge is 0.319 e. The molecule has 1 N–H and O–H groups in total. The van der Waals surface area contributed by atoms with E-state index in [0.717, 1.165) is 11.4 Å². The summed E-state index contributed by atoms with van der Waals surface area (Å²) in [5, 5.41) is 0. The molecule has 1 aromatic rings. The van der Waals surface area contributed by atoms with Crippen molar-refractivity contribution >= 4 is 12.2 Å². The minimum absolute atomic E-state index is 0.00545. The standard InChI is InChI=1S/C12H14N2O/c1-8-11(15)14-10-5-7-12(2,3)6-4-9(10)13-8/h4-7H,1-3H3,(H,14,15). The van der Waals surface area contributed by atoms with Gasteiger partial charge in [0.1, 0.15) is 5.69 Å². The zero-order chi connectivity index (χ0) is 11.1. The number of fused-ring (bicyclic) bond motifs is 1. The van der Waals surface area contributed by atoms with Crippen LogP contribution in [0.25, 0.3) is 12.2 Å². The molecule has 0 saturated heterocycles. The molecule has 1 aromatic heterocycles. The SMILES string of the molecule is Cc1nc2c([nH]c1=O)C=CC(C)(C)C=C2. The van der Waals surface area contributed by atoms with Crippen LogP contribution < -0.4 is 5.56 Å². The van der Waals surface area contributed by atoms with Gasteiger partial charge in [0.25, 0.3) is 5.56 Å². The average Bonchev–Trinajstić information content (AvgIpc) is 2.29. The van der Waals surface area contributed by atoms with Crippen LogP contribution in [0.2, 0.25) is 0 Å². The lowest BCUT2D eigenvalue weighted by atomic mass is 9.93. The molecule has 0 aromatic carbocycles. The Morgan fingerprint density at radius 2 is 1.93 bits per heavy atom. The number of nitrogens with zero attached hydrogens (tertiary/aromatic N) is 1. The highest BCUT2D eigenvalue weighted by molar-refractivity contribution is 5.63. The Morgan fingerprint density at radius 3 is 2.67 bits per heavy atom. The Hall–Kier alpha value is -1.64. The Kier molecular flexibility index (Phi) is 2.11. The number of hydrogen-bond acceptors (Lipinski definition) is 2. The van der Waals surface area contributed by atoms with Gasteiger partial charge in [-0.3, -0.25) is 4.79 Å². The van der Waals surface area contributed by atoms with E-state index in [9.17, 15) is 4.79 Å². The second-order valence-electron chi connectivity index (χ2n) is 4.44. The lowest BCUT2D eigenvalue weighted by molar-refractivity contribution is 0.633. The Morgan fingerprint density at radius 1 is 1.27 bits per heavy atom. The zero-order valence-electron chi connectivity index (χ0n) is 9.16. The number of allylic oxidation sites excluding steroid dienone is 2. The first-order chi connectivity index (χ1) is 6.98. The molecular formula is C12H14N2O. The molecule has 3 heteroatoms. The van der Waals surface area contributed by atoms with Gasteiger partial charge < -0.3 is 4.98 Å². The van der Waals surface area contributed by atoms with Crippen LogP contribution in [0.1, 0.15) is 30.9 Å². The molecule has 0 radical (unpaired) electrons. The van der Waals surface area contributed by atoms with Gasteiger partial charge in [-0.05, 0) is 19.1 Å². The third-order valence-electron chi connectivity index (χ3n) is 2.49. The van der Waals surface area contributed by atoms with Crippen molar-refractivity contribution in [2.24, 2.45) is 5.41 Å². The predicted molar refractivity (Wildman–Crippen MR) is 61.4 cm³/mol. The number of rotatable bonds is 0. The summed E-state index contributed by atoms with van der Waals surface area (Å²) in [4.78, 5) is 18.5. The van der Waals surface area contributed by atoms with Crippen LogP contribution in [-0.4, -0.2) is 9.97 Å². The second-order valence-corrected chi connectivity index (χ2v) is 4.44. The monoisotopic (exact) mass is 202 g/mol. The fraction of sp³-hybridized carbons (Fsp3) is 0.333. The smallest absolute Gasteiger partial charge is 0.269 e. The molecule has 78 valence electrons. The van der Waals surface area contributed by atoms with E-state index in [1.54, 1.807) is 6.92 Å². The first kappa shape index (κ1) is 9.90. The topological polar surface area (TPSA) is 45.8 Å². The van der Waals surface area contributed by atoms with Crippen molar-refractivity contribution in [2.45, 2.75) is 20.8 Å². The van der Waals surface area contributed by atoms with Crippen molar-refractivity contribution in [1.82, 2.24) is 9.97 Å². The number of aromatic nitrogens is 2. The molecular weight excluding hydrogens is 188 g/mol. The second kappa shape index (κ2) is 3.19. The molecule has 1 aliphatic carbocycles. The van der Waals surface area contributed by atoms with E-state index in [-0.39, 0.29) is 11.0 Å². The van der Waals surface area contributed by atoms with Crippen molar-refractivity contribution in [1.29, 1.82) is 0 Å². The molecule has 1 heterocycles. The lowest BCUT2D eigenvalue weighted by Gasteiger charge is -2.11. The van der Waals surface area contributed by atoms with Gasteiger partial charge in [0.05, 0.1) is 11.4 Å². The summed E-state index contributed by atoms with van der Waals surface area (Å²) in [7, 11) is 0. The van der Waals surface area contributed by atoms with Crippen molar-refractivity contribution in [3.8, 4) is 0 Å². The molecule has 0 aliphatic heterocycles. The molecule has 0 saturated carbocycles. The Balaban J connectivity index is 2.63. The van der Waals surface area contributed by atoms with E-state index in [0.29, 0.717) is 5.69 Å². The summed E-state index contributed by atoms with van der Waals surface area (Å²) in [6.07, 6.45) is 8.02. The van der Waals surface area contributed by atoms with E-state index in [1.165, 1.54) is 0 Å². The molecule has 0 atom stereocenters. The third kappa shape index (κ3) is 1.91. The quantitative estimate of drug-likeness (QED) is 0.700. The number of H-pyrrole nitrogens is 1. The van der Waals surface area contributed by atoms with Gasteiger partial charge in [-0.1, -0.05) is 26.0 Å². The van der Waals surface area contributed by atoms with Crippen LogP contribution in [0.4, 0.5) is 0 Å². The van der Waals surface area contributed by atoms with Crippen molar-refractivity contribution in [2.75, 3.05) is 0 Å². The predicted octanol–water partition coefficient (Wildman–Crippen LogP) is 2.14. The van der Waals surface area contributed by atoms with E-state index in [4.69, 9.17) is 0 Å². The summed E-state index contributed by atoms with van der Waals surface area (Å²) in [6, 6.07) is 0. The van der Waals surface area contributed by atoms with Gasteiger partial charge in [0.15, 0.2) is 0 Å². The average molecular weight is 202 g/mol. The number of aryl methyl sites for hydroxylation is 1. The van der Waals surface area contributed by atoms with E-state index in [2.05, 4.69) is 36.0 Å². The van der Waals surface area contributed by atoms with Gasteiger partial charge in [-0.15, -0.1) is 0 Å². The van der Waals surface area contributed by atoms with Gasteiger partial charge in [-0.2, -0.15) is 0 Å². The van der Waals surface area contributed by atoms with Crippen molar-refractivity contribution < 1.29 is 0 Å². The lowest BCUT2D eigenvalue weighted by Crippen LogP contribution is -2.14. The minimum Gasteiger partial charge on any atom is -0.319 e. The first-order valence-electron chi connectivity index (χ1n) is 4.97. The van der Waals surface area contributed by atoms with Gasteiger partial charge in [-0.25, -0.2) is 4.98 Å². The third-order valence-corrected chi connectivity index (χ3v) is 2.49. The molecule has 1 aliphatic rings. The maximum Gasteiger partial charge on any atom is 0.269 e. The normalized spacial score (nSPS) is 17.3. The maximum absolute atomic E-state index is 11.4. The fourth-order valence-electron chi connectivity index (χ4n) is 1.47. The molecule has 3 nitrogen and oxygen atoms in total. The van der Waals surface area contributed by atoms with Crippen LogP contribution in [0, 0.1) is 12.3 Å². The van der Waals surface area contributed by atoms with Crippen molar-refractivity contribution in [3.05, 3.63) is 39.6 Å². The van der Waals surface area contributed by atoms with Crippen LogP contribution in [0.5, 0.6) is 0 Å². The molecule has 15 heavy (non-hydrogen) atoms. The minimum atomic E-state index is -0.119. The van der Waals surface area contributed by atoms with Crippen LogP contribution in [0.3, 0.4) is 0 Å². The Bertz CT molecular complexity index is 507. The van der Waals surface area contributed by atoms with Crippen LogP contribution in [0.15, 0.2) is 16.9 Å². The molecule has 0 fully saturated rings. The highest BCUT2D eigenvalue weighted by atomic mass is 16.1. The van der Waals surface area contributed by atoms with Gasteiger partial charge in [0.2, 0.25) is 0 Å². The van der Waals surface area contributed by atoms with E-state index in [1.807, 2.05) is 12.2 Å². The molecule has 0 bridgehead atoms. The van der Waals surface area contributed by atoms with Gasteiger partial charge in [0, 0.05) is 5.41 Å². The van der Waals surface area contributed by atoms with Crippen molar-refractivity contribution in [3.63, 3.8) is 0 Å². The summed E-state index contributed by atoms with van der Waals surface area (Å²) in [6.45, 7) is 5.93. The van der Waals surface area contributed by atoms with Crippen LogP contribution >= 0.6 is 0 Å². The molecule has 2 rings (SSSR count). The number of nitrogens with one attached hydrogen (secondary N) is 1. The number of hydrogen-bond donors (Lipinski definition) is 1. The zero-order valence-corrected chi connectivity index (χ0v) is 9.16. The Labute approximate surface area is 88.6 Å². The van der Waals surface area contributed by atoms with Crippen LogP contribution in [-0.2, 0) is 0 Å². The number of aromatic amines is 1. The summed E-state index contributed by atoms with van der Waals surface area (Å²) in [5.41, 5.74) is 2.00. The highest BCUT2D eigenvalue weighted by Crippen LogP contribution is 2.25. The molecule has 0 unspecified atom stereocenters. The molecule has 0 spiro atoms. The fourth-order valence-corrected chi connectivity index (χ4v) is 1.47.